The molecule has 0 aliphatic heterocycles. The number of nitriles is 1. The Morgan fingerprint density at radius 1 is 1.35 bits per heavy atom. The van der Waals surface area contributed by atoms with E-state index in [0.717, 1.165) is 10.0 Å². The molecule has 0 fully saturated rings. The van der Waals surface area contributed by atoms with Crippen molar-refractivity contribution in [1.82, 2.24) is 15.0 Å². The van der Waals surface area contributed by atoms with Crippen LogP contribution in [0.5, 0.6) is 0 Å². The van der Waals surface area contributed by atoms with Gasteiger partial charge in [-0.25, -0.2) is 9.97 Å². The third kappa shape index (κ3) is 3.08. The molecule has 0 spiro atoms. The van der Waals surface area contributed by atoms with Crippen molar-refractivity contribution in [1.29, 1.82) is 5.26 Å². The number of halogens is 1. The van der Waals surface area contributed by atoms with E-state index in [0.29, 0.717) is 22.3 Å². The van der Waals surface area contributed by atoms with Gasteiger partial charge in [0, 0.05) is 10.0 Å². The number of benzene rings is 1. The Kier molecular flexibility index (Phi) is 4.61. The minimum absolute atomic E-state index is 0.246. The van der Waals surface area contributed by atoms with Crippen LogP contribution in [0, 0.1) is 16.0 Å². The third-order valence-corrected chi connectivity index (χ3v) is 4.52. The molecule has 0 aliphatic carbocycles. The predicted octanol–water partition coefficient (Wildman–Crippen LogP) is 4.82. The Balaban J connectivity index is 2.24. The first-order chi connectivity index (χ1) is 11.1. The van der Waals surface area contributed by atoms with Gasteiger partial charge in [-0.1, -0.05) is 52.0 Å². The molecule has 0 saturated carbocycles. The number of thioether (sulfide) groups is 1. The lowest BCUT2D eigenvalue weighted by Gasteiger charge is -2.06. The number of hydrogen-bond donors (Lipinski definition) is 1. The summed E-state index contributed by atoms with van der Waals surface area (Å²) in [5, 5.41) is 10.0. The van der Waals surface area contributed by atoms with E-state index in [1.165, 1.54) is 18.2 Å². The largest absolute Gasteiger partial charge is 0.443 e. The molecule has 3 aromatic rings. The highest BCUT2D eigenvalue weighted by molar-refractivity contribution is 9.10. The first-order valence-corrected chi connectivity index (χ1v) is 8.85. The second-order valence-electron chi connectivity index (χ2n) is 4.45. The van der Waals surface area contributed by atoms with Gasteiger partial charge in [0.05, 0.1) is 5.69 Å². The molecule has 5 nitrogen and oxygen atoms in total. The number of aromatic amines is 1. The molecule has 0 saturated heterocycles. The number of H-pyrrole nitrogens is 1. The van der Waals surface area contributed by atoms with Crippen molar-refractivity contribution in [2.24, 2.45) is 0 Å². The summed E-state index contributed by atoms with van der Waals surface area (Å²) in [5.41, 5.74) is 2.19. The summed E-state index contributed by atoms with van der Waals surface area (Å²) in [5.74, 6) is 0.568. The third-order valence-electron chi connectivity index (χ3n) is 3.11. The lowest BCUT2D eigenvalue weighted by atomic mass is 10.1. The first-order valence-electron chi connectivity index (χ1n) is 6.42. The standard InChI is InChI=1S/C15H9BrN4OS2/c1-23-15-19-11(10(6-17)14(22)20-15)12-13(21-7-18-12)8-2-4-9(16)5-3-8/h2-5,7H,1H3,(H,19,20,22). The second-order valence-corrected chi connectivity index (χ2v) is 6.55. The number of nitrogens with one attached hydrogen (secondary N) is 1. The molecule has 3 rings (SSSR count). The second kappa shape index (κ2) is 6.66. The fraction of sp³-hybridized carbons (Fsp3) is 0.0667. The Morgan fingerprint density at radius 2 is 2.09 bits per heavy atom. The lowest BCUT2D eigenvalue weighted by molar-refractivity contribution is 0.572. The first kappa shape index (κ1) is 15.9. The number of rotatable bonds is 3. The van der Waals surface area contributed by atoms with Crippen molar-refractivity contribution in [3.63, 3.8) is 0 Å². The van der Waals surface area contributed by atoms with Crippen LogP contribution < -0.4 is 0 Å². The highest BCUT2D eigenvalue weighted by atomic mass is 79.9. The molecular formula is C15H9BrN4OS2. The van der Waals surface area contributed by atoms with E-state index in [2.05, 4.69) is 37.0 Å². The van der Waals surface area contributed by atoms with Crippen molar-refractivity contribution in [2.45, 2.75) is 5.16 Å². The van der Waals surface area contributed by atoms with Crippen LogP contribution in [-0.2, 0) is 0 Å². The monoisotopic (exact) mass is 404 g/mol. The summed E-state index contributed by atoms with van der Waals surface area (Å²) in [6, 6.07) is 9.73. The predicted molar refractivity (Wildman–Crippen MR) is 94.6 cm³/mol. The quantitative estimate of drug-likeness (QED) is 0.383. The average Bonchev–Trinajstić information content (AvgIpc) is 3.04. The van der Waals surface area contributed by atoms with E-state index < -0.39 is 0 Å². The summed E-state index contributed by atoms with van der Waals surface area (Å²) in [4.78, 5) is 11.6. The zero-order valence-electron chi connectivity index (χ0n) is 11.8. The fourth-order valence-corrected chi connectivity index (χ4v) is 3.01. The van der Waals surface area contributed by atoms with Gasteiger partial charge >= 0.3 is 0 Å². The maximum atomic E-state index is 9.41. The summed E-state index contributed by atoms with van der Waals surface area (Å²) in [6.07, 6.45) is 3.23. The van der Waals surface area contributed by atoms with Crippen molar-refractivity contribution >= 4 is 39.9 Å². The molecule has 0 bridgehead atoms. The number of oxazole rings is 1. The lowest BCUT2D eigenvalue weighted by Crippen LogP contribution is -1.97. The molecule has 1 N–H and O–H groups in total. The number of aromatic nitrogens is 3. The molecule has 114 valence electrons. The van der Waals surface area contributed by atoms with Crippen LogP contribution in [0.1, 0.15) is 5.56 Å². The van der Waals surface area contributed by atoms with Gasteiger partial charge in [0.2, 0.25) is 0 Å². The molecule has 1 aromatic carbocycles. The summed E-state index contributed by atoms with van der Waals surface area (Å²) in [7, 11) is 0. The van der Waals surface area contributed by atoms with Gasteiger partial charge in [-0.3, -0.25) is 0 Å². The van der Waals surface area contributed by atoms with Crippen molar-refractivity contribution in [3.8, 4) is 28.8 Å². The van der Waals surface area contributed by atoms with Crippen LogP contribution in [0.2, 0.25) is 0 Å². The van der Waals surface area contributed by atoms with E-state index in [1.807, 2.05) is 30.5 Å². The average molecular weight is 405 g/mol. The smallest absolute Gasteiger partial charge is 0.182 e. The maximum absolute atomic E-state index is 9.41. The van der Waals surface area contributed by atoms with E-state index in [4.69, 9.17) is 16.6 Å². The Bertz CT molecular complexity index is 957. The number of nitrogens with zero attached hydrogens (tertiary/aromatic N) is 3. The van der Waals surface area contributed by atoms with Crippen LogP contribution >= 0.6 is 39.9 Å². The zero-order valence-corrected chi connectivity index (χ0v) is 15.1. The van der Waals surface area contributed by atoms with Crippen LogP contribution in [0.4, 0.5) is 0 Å². The molecule has 0 atom stereocenters. The highest BCUT2D eigenvalue weighted by Crippen LogP contribution is 2.33. The van der Waals surface area contributed by atoms with Gasteiger partial charge < -0.3 is 9.40 Å². The van der Waals surface area contributed by atoms with Gasteiger partial charge in [-0.2, -0.15) is 5.26 Å². The Labute approximate surface area is 149 Å². The number of hydrogen-bond acceptors (Lipinski definition) is 6. The molecule has 23 heavy (non-hydrogen) atoms. The van der Waals surface area contributed by atoms with E-state index in [1.54, 1.807) is 0 Å². The molecule has 2 aromatic heterocycles. The molecule has 0 aliphatic rings. The van der Waals surface area contributed by atoms with Crippen LogP contribution in [-0.4, -0.2) is 21.2 Å². The Hall–Kier alpha value is -1.95. The van der Waals surface area contributed by atoms with Gasteiger partial charge in [-0.15, -0.1) is 0 Å². The van der Waals surface area contributed by atoms with Gasteiger partial charge in [-0.05, 0) is 18.4 Å². The van der Waals surface area contributed by atoms with Gasteiger partial charge in [0.1, 0.15) is 22.0 Å². The van der Waals surface area contributed by atoms with E-state index in [-0.39, 0.29) is 10.2 Å². The topological polar surface area (TPSA) is 78.5 Å². The van der Waals surface area contributed by atoms with E-state index in [9.17, 15) is 5.26 Å². The molecule has 8 heteroatoms. The van der Waals surface area contributed by atoms with Gasteiger partial charge in [0.15, 0.2) is 17.3 Å². The van der Waals surface area contributed by atoms with Crippen LogP contribution in [0.3, 0.4) is 0 Å². The SMILES string of the molecule is CSc1nc(=S)c(C#N)c(-c2ncoc2-c2ccc(Br)cc2)[nH]1. The van der Waals surface area contributed by atoms with Crippen LogP contribution in [0.15, 0.2) is 44.7 Å². The minimum Gasteiger partial charge on any atom is -0.443 e. The van der Waals surface area contributed by atoms with Crippen molar-refractivity contribution < 1.29 is 4.42 Å². The summed E-state index contributed by atoms with van der Waals surface area (Å²) >= 11 is 10.0. The van der Waals surface area contributed by atoms with Crippen LogP contribution in [0.25, 0.3) is 22.7 Å². The highest BCUT2D eigenvalue weighted by Gasteiger charge is 2.19. The normalized spacial score (nSPS) is 10.5. The molecule has 0 radical (unpaired) electrons. The van der Waals surface area contributed by atoms with Crippen molar-refractivity contribution in [3.05, 3.63) is 45.3 Å². The fourth-order valence-electron chi connectivity index (χ4n) is 2.06. The molecule has 2 heterocycles. The van der Waals surface area contributed by atoms with Crippen molar-refractivity contribution in [2.75, 3.05) is 6.26 Å². The zero-order chi connectivity index (χ0) is 16.4. The molecule has 0 amide bonds. The van der Waals surface area contributed by atoms with Gasteiger partial charge in [0.25, 0.3) is 0 Å². The molecule has 0 unspecified atom stereocenters. The minimum atomic E-state index is 0.246. The van der Waals surface area contributed by atoms with E-state index >= 15 is 0 Å². The summed E-state index contributed by atoms with van der Waals surface area (Å²) < 4.78 is 6.75. The molecular weight excluding hydrogens is 396 g/mol. The summed E-state index contributed by atoms with van der Waals surface area (Å²) in [6.45, 7) is 0. The Morgan fingerprint density at radius 3 is 2.74 bits per heavy atom. The maximum Gasteiger partial charge on any atom is 0.182 e.